The van der Waals surface area contributed by atoms with Gasteiger partial charge in [-0.3, -0.25) is 0 Å². The predicted octanol–water partition coefficient (Wildman–Crippen LogP) is 5.80. The minimum Gasteiger partial charge on any atom is -0.306 e. The fourth-order valence-corrected chi connectivity index (χ4v) is 3.18. The summed E-state index contributed by atoms with van der Waals surface area (Å²) in [4.78, 5) is 0. The van der Waals surface area contributed by atoms with Gasteiger partial charge in [0, 0.05) is 13.1 Å². The number of hydrogen-bond acceptors (Lipinski definition) is 1. The van der Waals surface area contributed by atoms with Crippen molar-refractivity contribution >= 4 is 50.1 Å². The molecule has 106 valence electrons. The first-order chi connectivity index (χ1) is 9.61. The molecule has 1 unspecified atom stereocenters. The van der Waals surface area contributed by atoms with Crippen molar-refractivity contribution in [3.05, 3.63) is 66.7 Å². The molecule has 2 aromatic rings. The van der Waals surface area contributed by atoms with Gasteiger partial charge in [-0.15, -0.1) is 0 Å². The highest BCUT2D eigenvalue weighted by molar-refractivity contribution is 14.1. The van der Waals surface area contributed by atoms with E-state index in [-0.39, 0.29) is 6.04 Å². The van der Waals surface area contributed by atoms with E-state index in [0.717, 1.165) is 22.5 Å². The Morgan fingerprint density at radius 1 is 1.20 bits per heavy atom. The average Bonchev–Trinajstić information content (AvgIpc) is 2.44. The van der Waals surface area contributed by atoms with E-state index in [0.29, 0.717) is 0 Å². The fourth-order valence-electron chi connectivity index (χ4n) is 2.09. The third-order valence-electron chi connectivity index (χ3n) is 3.07. The zero-order valence-corrected chi connectivity index (χ0v) is 15.7. The number of halogens is 3. The summed E-state index contributed by atoms with van der Waals surface area (Å²) in [5.74, 6) is 0. The summed E-state index contributed by atoms with van der Waals surface area (Å²) in [6.07, 6.45) is 1.10. The quantitative estimate of drug-likeness (QED) is 0.552. The second-order valence-electron chi connectivity index (χ2n) is 4.60. The normalized spacial score (nSPS) is 12.4. The lowest BCUT2D eigenvalue weighted by molar-refractivity contribution is 0.596. The Kier molecular flexibility index (Phi) is 6.33. The van der Waals surface area contributed by atoms with E-state index in [1.807, 2.05) is 6.07 Å². The maximum absolute atomic E-state index is 6.17. The minimum atomic E-state index is 0.175. The average molecular weight is 465 g/mol. The highest BCUT2D eigenvalue weighted by Crippen LogP contribution is 2.29. The molecule has 0 bridgehead atoms. The zero-order valence-electron chi connectivity index (χ0n) is 11.2. The van der Waals surface area contributed by atoms with Crippen LogP contribution in [0.5, 0.6) is 0 Å². The third kappa shape index (κ3) is 4.20. The number of rotatable bonds is 5. The first-order valence-electron chi connectivity index (χ1n) is 6.55. The van der Waals surface area contributed by atoms with E-state index in [9.17, 15) is 0 Å². The van der Waals surface area contributed by atoms with Gasteiger partial charge < -0.3 is 5.32 Å². The Labute approximate surface area is 147 Å². The van der Waals surface area contributed by atoms with Crippen LogP contribution in [0.1, 0.15) is 30.5 Å². The maximum atomic E-state index is 6.17. The molecule has 20 heavy (non-hydrogen) atoms. The fraction of sp³-hybridized carbons (Fsp3) is 0.250. The van der Waals surface area contributed by atoms with Crippen molar-refractivity contribution in [1.82, 2.24) is 5.32 Å². The molecule has 0 saturated carbocycles. The molecule has 0 radical (unpaired) electrons. The van der Waals surface area contributed by atoms with Crippen LogP contribution in [0.3, 0.4) is 0 Å². The van der Waals surface area contributed by atoms with Gasteiger partial charge in [-0.25, -0.2) is 0 Å². The molecule has 2 rings (SSSR count). The molecular formula is C16H16BrClIN. The molecule has 0 aliphatic carbocycles. The van der Waals surface area contributed by atoms with Crippen LogP contribution in [0.2, 0.25) is 5.02 Å². The Bertz CT molecular complexity index is 571. The molecule has 0 heterocycles. The monoisotopic (exact) mass is 463 g/mol. The van der Waals surface area contributed by atoms with Crippen molar-refractivity contribution < 1.29 is 0 Å². The van der Waals surface area contributed by atoms with E-state index in [2.05, 4.69) is 87.2 Å². The van der Waals surface area contributed by atoms with Crippen molar-refractivity contribution in [2.45, 2.75) is 19.4 Å². The Morgan fingerprint density at radius 3 is 2.55 bits per heavy atom. The molecule has 0 saturated heterocycles. The van der Waals surface area contributed by atoms with Crippen LogP contribution in [-0.4, -0.2) is 6.54 Å². The standard InChI is InChI=1S/C16H16BrClIN/c1-2-9-20-16(11-3-5-12(17)6-4-11)14-10-13(18)7-8-15(14)19/h3-8,10,16,20H,2,9H2,1H3. The molecule has 1 nitrogen and oxygen atoms in total. The molecule has 0 fully saturated rings. The van der Waals surface area contributed by atoms with Crippen LogP contribution < -0.4 is 5.32 Å². The molecule has 2 aromatic carbocycles. The van der Waals surface area contributed by atoms with Crippen molar-refractivity contribution in [2.75, 3.05) is 6.54 Å². The van der Waals surface area contributed by atoms with Crippen LogP contribution in [0, 0.1) is 3.57 Å². The van der Waals surface area contributed by atoms with Crippen molar-refractivity contribution in [3.63, 3.8) is 0 Å². The summed E-state index contributed by atoms with van der Waals surface area (Å²) in [7, 11) is 0. The molecule has 4 heteroatoms. The van der Waals surface area contributed by atoms with Crippen LogP contribution in [0.25, 0.3) is 0 Å². The number of nitrogens with one attached hydrogen (secondary N) is 1. The summed E-state index contributed by atoms with van der Waals surface area (Å²) in [5, 5.41) is 4.39. The summed E-state index contributed by atoms with van der Waals surface area (Å²) in [6, 6.07) is 14.7. The largest absolute Gasteiger partial charge is 0.306 e. The highest BCUT2D eigenvalue weighted by atomic mass is 127. The van der Waals surface area contributed by atoms with E-state index < -0.39 is 0 Å². The lowest BCUT2D eigenvalue weighted by Crippen LogP contribution is -2.24. The van der Waals surface area contributed by atoms with Gasteiger partial charge in [0.25, 0.3) is 0 Å². The number of benzene rings is 2. The summed E-state index contributed by atoms with van der Waals surface area (Å²) >= 11 is 12.0. The van der Waals surface area contributed by atoms with Gasteiger partial charge in [0.15, 0.2) is 0 Å². The summed E-state index contributed by atoms with van der Waals surface area (Å²) in [5.41, 5.74) is 2.48. The maximum Gasteiger partial charge on any atom is 0.0587 e. The first-order valence-corrected chi connectivity index (χ1v) is 8.80. The smallest absolute Gasteiger partial charge is 0.0587 e. The minimum absolute atomic E-state index is 0.175. The van der Waals surface area contributed by atoms with Gasteiger partial charge >= 0.3 is 0 Å². The van der Waals surface area contributed by atoms with E-state index in [1.54, 1.807) is 0 Å². The van der Waals surface area contributed by atoms with Gasteiger partial charge in [-0.05, 0) is 77.0 Å². The molecule has 0 aliphatic heterocycles. The van der Waals surface area contributed by atoms with Crippen LogP contribution in [0.15, 0.2) is 46.9 Å². The zero-order chi connectivity index (χ0) is 14.5. The molecule has 0 amide bonds. The predicted molar refractivity (Wildman–Crippen MR) is 98.4 cm³/mol. The van der Waals surface area contributed by atoms with Crippen LogP contribution in [0.4, 0.5) is 0 Å². The van der Waals surface area contributed by atoms with Crippen molar-refractivity contribution in [2.24, 2.45) is 0 Å². The van der Waals surface area contributed by atoms with Crippen molar-refractivity contribution in [3.8, 4) is 0 Å². The molecule has 1 N–H and O–H groups in total. The van der Waals surface area contributed by atoms with Crippen LogP contribution >= 0.6 is 50.1 Å². The second kappa shape index (κ2) is 7.78. The van der Waals surface area contributed by atoms with E-state index in [4.69, 9.17) is 11.6 Å². The molecular weight excluding hydrogens is 448 g/mol. The lowest BCUT2D eigenvalue weighted by Gasteiger charge is -2.21. The van der Waals surface area contributed by atoms with Crippen molar-refractivity contribution in [1.29, 1.82) is 0 Å². The van der Waals surface area contributed by atoms with Gasteiger partial charge in [0.05, 0.1) is 6.04 Å². The highest BCUT2D eigenvalue weighted by Gasteiger charge is 2.16. The van der Waals surface area contributed by atoms with E-state index >= 15 is 0 Å². The van der Waals surface area contributed by atoms with E-state index in [1.165, 1.54) is 14.7 Å². The van der Waals surface area contributed by atoms with Gasteiger partial charge in [0.2, 0.25) is 0 Å². The third-order valence-corrected chi connectivity index (χ3v) is 4.82. The molecule has 0 aromatic heterocycles. The second-order valence-corrected chi connectivity index (χ2v) is 7.12. The van der Waals surface area contributed by atoms with Crippen LogP contribution in [-0.2, 0) is 0 Å². The molecule has 0 aliphatic rings. The first kappa shape index (κ1) is 16.3. The Morgan fingerprint density at radius 2 is 1.90 bits per heavy atom. The molecule has 1 atom stereocenters. The Hall–Kier alpha value is -0.100. The molecule has 0 spiro atoms. The van der Waals surface area contributed by atoms with Gasteiger partial charge in [0.1, 0.15) is 0 Å². The Balaban J connectivity index is 2.41. The van der Waals surface area contributed by atoms with Gasteiger partial charge in [-0.1, -0.05) is 46.6 Å². The topological polar surface area (TPSA) is 12.0 Å². The van der Waals surface area contributed by atoms with Gasteiger partial charge in [-0.2, -0.15) is 0 Å². The lowest BCUT2D eigenvalue weighted by atomic mass is 9.98. The summed E-state index contributed by atoms with van der Waals surface area (Å²) < 4.78 is 2.32. The number of hydrogen-bond donors (Lipinski definition) is 1. The summed E-state index contributed by atoms with van der Waals surface area (Å²) in [6.45, 7) is 3.15. The SMILES string of the molecule is CCCNC(c1ccc(Br)cc1)c1cc(Cl)ccc1I.